The Hall–Kier alpha value is -3.24. The van der Waals surface area contributed by atoms with Crippen LogP contribution in [0.4, 0.5) is 33.2 Å². The van der Waals surface area contributed by atoms with Crippen molar-refractivity contribution < 1.29 is 17.6 Å². The van der Waals surface area contributed by atoms with E-state index in [0.717, 1.165) is 30.3 Å². The van der Waals surface area contributed by atoms with E-state index >= 15 is 0 Å². The molecule has 2 fully saturated rings. The second-order valence-corrected chi connectivity index (χ2v) is 12.0. The Morgan fingerprint density at radius 3 is 2.50 bits per heavy atom. The summed E-state index contributed by atoms with van der Waals surface area (Å²) in [5, 5.41) is 5.69. The Bertz CT molecular complexity index is 1470. The fourth-order valence-corrected chi connectivity index (χ4v) is 6.51. The van der Waals surface area contributed by atoms with Crippen molar-refractivity contribution in [2.75, 3.05) is 28.0 Å². The lowest BCUT2D eigenvalue weighted by Crippen LogP contribution is -2.32. The van der Waals surface area contributed by atoms with E-state index < -0.39 is 15.7 Å². The predicted molar refractivity (Wildman–Crippen MR) is 136 cm³/mol. The molecule has 2 heterocycles. The van der Waals surface area contributed by atoms with Gasteiger partial charge in [0.15, 0.2) is 21.5 Å². The van der Waals surface area contributed by atoms with Gasteiger partial charge in [-0.2, -0.15) is 4.98 Å². The molecule has 2 saturated carbocycles. The van der Waals surface area contributed by atoms with Gasteiger partial charge in [0.05, 0.1) is 16.3 Å². The molecule has 1 spiro atoms. The van der Waals surface area contributed by atoms with Gasteiger partial charge in [0.2, 0.25) is 11.9 Å². The number of carbonyl (C=O) groups excluding carboxylic acids is 1. The first kappa shape index (κ1) is 23.2. The lowest BCUT2D eigenvalue weighted by Gasteiger charge is -2.17. The Morgan fingerprint density at radius 1 is 1.11 bits per heavy atom. The minimum atomic E-state index is -3.27. The Kier molecular flexibility index (Phi) is 5.42. The van der Waals surface area contributed by atoms with E-state index in [0.29, 0.717) is 30.8 Å². The normalized spacial score (nSPS) is 17.7. The van der Waals surface area contributed by atoms with Crippen molar-refractivity contribution in [3.63, 3.8) is 0 Å². The van der Waals surface area contributed by atoms with Crippen LogP contribution in [0.3, 0.4) is 0 Å². The van der Waals surface area contributed by atoms with Gasteiger partial charge in [0, 0.05) is 29.0 Å². The van der Waals surface area contributed by atoms with Crippen LogP contribution in [0.1, 0.15) is 31.2 Å². The van der Waals surface area contributed by atoms with Gasteiger partial charge in [0.1, 0.15) is 5.88 Å². The second-order valence-electron chi connectivity index (χ2n) is 9.53. The molecule has 0 unspecified atom stereocenters. The van der Waals surface area contributed by atoms with Gasteiger partial charge in [-0.3, -0.25) is 4.79 Å². The Labute approximate surface area is 212 Å². The number of anilines is 5. The molecule has 3 aromatic rings. The van der Waals surface area contributed by atoms with Crippen LogP contribution in [-0.4, -0.2) is 42.0 Å². The first-order valence-electron chi connectivity index (χ1n) is 11.7. The second kappa shape index (κ2) is 8.41. The molecule has 1 aliphatic heterocycles. The summed E-state index contributed by atoms with van der Waals surface area (Å²) in [6.45, 7) is 0.619. The van der Waals surface area contributed by atoms with Crippen LogP contribution in [0.15, 0.2) is 53.6 Å². The fourth-order valence-electron chi connectivity index (χ4n) is 4.71. The summed E-state index contributed by atoms with van der Waals surface area (Å²) in [4.78, 5) is 22.6. The van der Waals surface area contributed by atoms with Gasteiger partial charge in [-0.25, -0.2) is 17.8 Å². The van der Waals surface area contributed by atoms with Crippen molar-refractivity contribution in [1.29, 1.82) is 0 Å². The summed E-state index contributed by atoms with van der Waals surface area (Å²) < 4.78 is 39.3. The van der Waals surface area contributed by atoms with Gasteiger partial charge in [-0.05, 0) is 67.6 Å². The van der Waals surface area contributed by atoms with Crippen molar-refractivity contribution in [1.82, 2.24) is 9.97 Å². The van der Waals surface area contributed by atoms with Crippen molar-refractivity contribution in [3.05, 3.63) is 60.0 Å². The van der Waals surface area contributed by atoms with Gasteiger partial charge in [-0.1, -0.05) is 6.07 Å². The highest BCUT2D eigenvalue weighted by molar-refractivity contribution is 7.92. The number of benzene rings is 2. The van der Waals surface area contributed by atoms with Crippen molar-refractivity contribution in [2.24, 2.45) is 0 Å². The van der Waals surface area contributed by atoms with Crippen LogP contribution >= 0.6 is 11.6 Å². The molecule has 8 nitrogen and oxygen atoms in total. The quantitative estimate of drug-likeness (QED) is 0.431. The molecule has 11 heteroatoms. The number of halogens is 2. The smallest absolute Gasteiger partial charge is 0.241 e. The van der Waals surface area contributed by atoms with E-state index in [1.165, 1.54) is 0 Å². The maximum absolute atomic E-state index is 14.6. The average molecular weight is 528 g/mol. The van der Waals surface area contributed by atoms with E-state index in [4.69, 9.17) is 11.6 Å². The summed E-state index contributed by atoms with van der Waals surface area (Å²) in [5.41, 5.74) is 3.07. The van der Waals surface area contributed by atoms with Crippen molar-refractivity contribution >= 4 is 56.2 Å². The molecule has 0 atom stereocenters. The highest BCUT2D eigenvalue weighted by Gasteiger charge is 2.52. The maximum Gasteiger partial charge on any atom is 0.241 e. The molecule has 186 valence electrons. The first-order chi connectivity index (χ1) is 17.3. The zero-order chi connectivity index (χ0) is 25.1. The number of fused-ring (bicyclic) bond motifs is 2. The number of amides is 1. The molecule has 6 rings (SSSR count). The predicted octanol–water partition coefficient (Wildman–Crippen LogP) is 4.66. The van der Waals surface area contributed by atoms with E-state index in [2.05, 4.69) is 20.6 Å². The maximum atomic E-state index is 14.6. The number of nitrogens with zero attached hydrogens (tertiary/aromatic N) is 3. The summed E-state index contributed by atoms with van der Waals surface area (Å²) in [7, 11) is -3.27. The molecule has 2 N–H and O–H groups in total. The molecule has 1 aromatic heterocycles. The summed E-state index contributed by atoms with van der Waals surface area (Å²) in [6.07, 6.45) is 4.52. The highest BCUT2D eigenvalue weighted by Crippen LogP contribution is 2.57. The number of alkyl halides is 1. The highest BCUT2D eigenvalue weighted by atomic mass is 35.5. The third kappa shape index (κ3) is 4.08. The minimum Gasteiger partial charge on any atom is -0.338 e. The molecule has 3 aliphatic rings. The zero-order valence-corrected chi connectivity index (χ0v) is 20.7. The third-order valence-corrected chi connectivity index (χ3v) is 9.51. The monoisotopic (exact) mass is 527 g/mol. The fraction of sp³-hybridized carbons (Fsp3) is 0.320. The number of hydrogen-bond acceptors (Lipinski definition) is 7. The van der Waals surface area contributed by atoms with Gasteiger partial charge < -0.3 is 15.5 Å². The number of carbonyl (C=O) groups is 1. The lowest BCUT2D eigenvalue weighted by atomic mass is 9.98. The van der Waals surface area contributed by atoms with Crippen LogP contribution in [0.2, 0.25) is 0 Å². The van der Waals surface area contributed by atoms with Crippen molar-refractivity contribution in [2.45, 2.75) is 41.2 Å². The van der Waals surface area contributed by atoms with Crippen molar-refractivity contribution in [3.8, 4) is 0 Å². The molecule has 0 saturated heterocycles. The first-order valence-corrected chi connectivity index (χ1v) is 13.8. The Balaban J connectivity index is 1.22. The topological polar surface area (TPSA) is 104 Å². The summed E-state index contributed by atoms with van der Waals surface area (Å²) in [6, 6.07) is 12.0. The number of aromatic nitrogens is 2. The Morgan fingerprint density at radius 2 is 1.83 bits per heavy atom. The minimum absolute atomic E-state index is 0.0143. The van der Waals surface area contributed by atoms with Gasteiger partial charge >= 0.3 is 0 Å². The van der Waals surface area contributed by atoms with Crippen LogP contribution < -0.4 is 15.5 Å². The number of hydrogen-bond donors (Lipinski definition) is 2. The lowest BCUT2D eigenvalue weighted by molar-refractivity contribution is -0.116. The molecule has 0 radical (unpaired) electrons. The molecular formula is C25H23ClFN5O3S. The summed E-state index contributed by atoms with van der Waals surface area (Å²) in [5.74, 6) is -0.784. The molecule has 36 heavy (non-hydrogen) atoms. The SMILES string of the molecule is O=C(CCl)N1CC2(CC2)c2ccc(Nc3nc(Nc4ccc(S(=O)(=O)C5CC5)cc4)ncc3F)cc21. The van der Waals surface area contributed by atoms with Crippen LogP contribution in [0, 0.1) is 5.82 Å². The number of sulfone groups is 1. The standard InChI is InChI=1S/C25H23ClFN5O3S/c26-12-22(33)32-14-25(9-10-25)19-8-3-16(11-21(19)32)29-23-20(27)13-28-24(31-23)30-15-1-4-17(5-2-15)36(34,35)18-6-7-18/h1-5,8,11,13,18H,6-7,9-10,12,14H2,(H2,28,29,30,31). The van der Waals surface area contributed by atoms with Gasteiger partial charge in [0.25, 0.3) is 0 Å². The number of rotatable bonds is 7. The van der Waals surface area contributed by atoms with E-state index in [-0.39, 0.29) is 39.1 Å². The summed E-state index contributed by atoms with van der Waals surface area (Å²) >= 11 is 5.82. The van der Waals surface area contributed by atoms with Crippen LogP contribution in [0.5, 0.6) is 0 Å². The largest absolute Gasteiger partial charge is 0.338 e. The molecule has 1 amide bonds. The van der Waals surface area contributed by atoms with E-state index in [1.807, 2.05) is 18.2 Å². The van der Waals surface area contributed by atoms with E-state index in [1.54, 1.807) is 29.2 Å². The zero-order valence-electron chi connectivity index (χ0n) is 19.2. The average Bonchev–Trinajstić information content (AvgIpc) is 3.79. The van der Waals surface area contributed by atoms with Crippen LogP contribution in [0.25, 0.3) is 0 Å². The number of nitrogens with one attached hydrogen (secondary N) is 2. The molecule has 2 aliphatic carbocycles. The molecule has 2 aromatic carbocycles. The van der Waals surface area contributed by atoms with Gasteiger partial charge in [-0.15, -0.1) is 11.6 Å². The molecule has 0 bridgehead atoms. The van der Waals surface area contributed by atoms with Crippen LogP contribution in [-0.2, 0) is 20.0 Å². The molecular weight excluding hydrogens is 505 g/mol. The van der Waals surface area contributed by atoms with E-state index in [9.17, 15) is 17.6 Å². The third-order valence-electron chi connectivity index (χ3n) is 7.00.